The molecule has 0 spiro atoms. The van der Waals surface area contributed by atoms with Gasteiger partial charge in [-0.1, -0.05) is 40.5 Å². The topological polar surface area (TPSA) is 76.6 Å². The molecule has 0 fully saturated rings. The average Bonchev–Trinajstić information content (AvgIpc) is 1.99. The van der Waals surface area contributed by atoms with E-state index in [1.807, 2.05) is 27.7 Å². The minimum Gasteiger partial charge on any atom is -0.550 e. The first-order valence-corrected chi connectivity index (χ1v) is 4.66. The number of rotatable bonds is 5. The third-order valence-corrected chi connectivity index (χ3v) is 2.72. The van der Waals surface area contributed by atoms with Crippen LogP contribution >= 0.6 is 0 Å². The van der Waals surface area contributed by atoms with Gasteiger partial charge in [-0.05, 0) is 11.8 Å². The summed E-state index contributed by atoms with van der Waals surface area (Å²) in [6.45, 7) is 8.00. The molecule has 1 atom stereocenters. The zero-order chi connectivity index (χ0) is 9.78. The standard InChI is InChI=1S/C10H20O2.H3N/c1-5-7-8(9(11)12)10(3,4)6-2;/h8H,5-7H2,1-4H3,(H,11,12);1H3. The van der Waals surface area contributed by atoms with Crippen LogP contribution in [0.15, 0.2) is 0 Å². The molecule has 0 saturated carbocycles. The lowest BCUT2D eigenvalue weighted by Crippen LogP contribution is -2.40. The smallest absolute Gasteiger partial charge is 0.0450 e. The molecule has 13 heavy (non-hydrogen) atoms. The quantitative estimate of drug-likeness (QED) is 0.717. The predicted molar refractivity (Wildman–Crippen MR) is 53.5 cm³/mol. The molecule has 0 saturated heterocycles. The van der Waals surface area contributed by atoms with E-state index in [1.54, 1.807) is 0 Å². The van der Waals surface area contributed by atoms with Crippen LogP contribution in [0.2, 0.25) is 0 Å². The fourth-order valence-corrected chi connectivity index (χ4v) is 1.36. The van der Waals surface area contributed by atoms with Crippen molar-refractivity contribution >= 4 is 5.97 Å². The maximum Gasteiger partial charge on any atom is 0.0450 e. The molecule has 0 aromatic heterocycles. The Morgan fingerprint density at radius 1 is 1.38 bits per heavy atom. The number of carboxylic acids is 1. The van der Waals surface area contributed by atoms with Gasteiger partial charge in [0, 0.05) is 11.9 Å². The second kappa shape index (κ2) is 5.97. The SMILES string of the molecule is CCCC(C(=O)[O-])C(C)(C)CC.[NH4+]. The van der Waals surface area contributed by atoms with Crippen LogP contribution in [0.25, 0.3) is 0 Å². The second-order valence-corrected chi connectivity index (χ2v) is 4.00. The van der Waals surface area contributed by atoms with Gasteiger partial charge in [0.1, 0.15) is 0 Å². The number of aliphatic carboxylic acids is 1. The summed E-state index contributed by atoms with van der Waals surface area (Å²) >= 11 is 0. The summed E-state index contributed by atoms with van der Waals surface area (Å²) in [7, 11) is 0. The molecule has 0 aliphatic carbocycles. The molecule has 1 unspecified atom stereocenters. The highest BCUT2D eigenvalue weighted by Gasteiger charge is 2.27. The van der Waals surface area contributed by atoms with E-state index in [0.717, 1.165) is 19.3 Å². The summed E-state index contributed by atoms with van der Waals surface area (Å²) in [4.78, 5) is 10.8. The third-order valence-electron chi connectivity index (χ3n) is 2.72. The molecule has 0 rings (SSSR count). The molecule has 3 nitrogen and oxygen atoms in total. The van der Waals surface area contributed by atoms with Crippen molar-refractivity contribution in [3.63, 3.8) is 0 Å². The molecular formula is C10H23NO2. The highest BCUT2D eigenvalue weighted by molar-refractivity contribution is 5.68. The Bertz CT molecular complexity index is 155. The lowest BCUT2D eigenvalue weighted by molar-refractivity contribution is -0.315. The van der Waals surface area contributed by atoms with Crippen LogP contribution in [0.5, 0.6) is 0 Å². The molecule has 0 aliphatic rings. The van der Waals surface area contributed by atoms with Crippen molar-refractivity contribution in [2.75, 3.05) is 0 Å². The van der Waals surface area contributed by atoms with Crippen LogP contribution < -0.4 is 11.3 Å². The van der Waals surface area contributed by atoms with Gasteiger partial charge in [-0.2, -0.15) is 0 Å². The van der Waals surface area contributed by atoms with Gasteiger partial charge in [0.05, 0.1) is 0 Å². The Morgan fingerprint density at radius 2 is 1.85 bits per heavy atom. The predicted octanol–water partition coefficient (Wildman–Crippen LogP) is 1.96. The highest BCUT2D eigenvalue weighted by Crippen LogP contribution is 2.33. The number of carboxylic acid groups (broad SMARTS) is 1. The van der Waals surface area contributed by atoms with Gasteiger partial charge in [-0.3, -0.25) is 0 Å². The first-order valence-electron chi connectivity index (χ1n) is 4.66. The van der Waals surface area contributed by atoms with Crippen LogP contribution in [0.4, 0.5) is 0 Å². The van der Waals surface area contributed by atoms with Gasteiger partial charge in [0.2, 0.25) is 0 Å². The van der Waals surface area contributed by atoms with E-state index in [4.69, 9.17) is 0 Å². The highest BCUT2D eigenvalue weighted by atomic mass is 16.4. The number of quaternary nitrogens is 1. The van der Waals surface area contributed by atoms with Crippen molar-refractivity contribution in [2.45, 2.75) is 47.0 Å². The Labute approximate surface area is 81.1 Å². The van der Waals surface area contributed by atoms with E-state index in [0.29, 0.717) is 0 Å². The van der Waals surface area contributed by atoms with E-state index >= 15 is 0 Å². The van der Waals surface area contributed by atoms with E-state index in [1.165, 1.54) is 0 Å². The molecule has 3 heteroatoms. The van der Waals surface area contributed by atoms with Gasteiger partial charge in [-0.25, -0.2) is 0 Å². The first-order chi connectivity index (χ1) is 5.45. The van der Waals surface area contributed by atoms with Gasteiger partial charge >= 0.3 is 0 Å². The fourth-order valence-electron chi connectivity index (χ4n) is 1.36. The van der Waals surface area contributed by atoms with Gasteiger partial charge < -0.3 is 16.1 Å². The summed E-state index contributed by atoms with van der Waals surface area (Å²) in [5, 5.41) is 10.8. The molecule has 0 aromatic rings. The Kier molecular flexibility index (Phi) is 6.86. The molecule has 0 aromatic carbocycles. The fraction of sp³-hybridized carbons (Fsp3) is 0.900. The van der Waals surface area contributed by atoms with Gasteiger partial charge in [0.25, 0.3) is 0 Å². The molecule has 0 radical (unpaired) electrons. The molecule has 4 N–H and O–H groups in total. The van der Waals surface area contributed by atoms with E-state index < -0.39 is 5.97 Å². The Balaban J connectivity index is 0. The molecular weight excluding hydrogens is 166 g/mol. The zero-order valence-corrected chi connectivity index (χ0v) is 9.52. The van der Waals surface area contributed by atoms with Crippen molar-refractivity contribution in [1.29, 1.82) is 0 Å². The maximum absolute atomic E-state index is 10.8. The molecule has 0 heterocycles. The van der Waals surface area contributed by atoms with Crippen LogP contribution in [-0.4, -0.2) is 5.97 Å². The number of hydrogen-bond acceptors (Lipinski definition) is 2. The largest absolute Gasteiger partial charge is 0.550 e. The van der Waals surface area contributed by atoms with Crippen LogP contribution in [-0.2, 0) is 4.79 Å². The van der Waals surface area contributed by atoms with E-state index in [2.05, 4.69) is 0 Å². The minimum atomic E-state index is -0.899. The first kappa shape index (κ1) is 14.9. The van der Waals surface area contributed by atoms with Gasteiger partial charge in [-0.15, -0.1) is 0 Å². The van der Waals surface area contributed by atoms with E-state index in [-0.39, 0.29) is 17.5 Å². The summed E-state index contributed by atoms with van der Waals surface area (Å²) in [6.07, 6.45) is 2.51. The molecule has 0 bridgehead atoms. The third kappa shape index (κ3) is 4.27. The lowest BCUT2D eigenvalue weighted by Gasteiger charge is -2.34. The van der Waals surface area contributed by atoms with Crippen LogP contribution in [0, 0.1) is 11.3 Å². The summed E-state index contributed by atoms with van der Waals surface area (Å²) in [5.41, 5.74) is -0.130. The zero-order valence-electron chi connectivity index (χ0n) is 9.52. The van der Waals surface area contributed by atoms with Gasteiger partial charge in [0.15, 0.2) is 0 Å². The summed E-state index contributed by atoms with van der Waals surface area (Å²) in [6, 6.07) is 0. The van der Waals surface area contributed by atoms with Crippen molar-refractivity contribution < 1.29 is 9.90 Å². The molecule has 80 valence electrons. The maximum atomic E-state index is 10.8. The second-order valence-electron chi connectivity index (χ2n) is 4.00. The van der Waals surface area contributed by atoms with Crippen molar-refractivity contribution in [2.24, 2.45) is 11.3 Å². The average molecular weight is 189 g/mol. The lowest BCUT2D eigenvalue weighted by atomic mass is 9.74. The van der Waals surface area contributed by atoms with Crippen molar-refractivity contribution in [3.05, 3.63) is 0 Å². The van der Waals surface area contributed by atoms with Crippen molar-refractivity contribution in [3.8, 4) is 0 Å². The Hall–Kier alpha value is -0.570. The normalized spacial score (nSPS) is 13.2. The van der Waals surface area contributed by atoms with E-state index in [9.17, 15) is 9.90 Å². The van der Waals surface area contributed by atoms with Crippen molar-refractivity contribution in [1.82, 2.24) is 6.15 Å². The minimum absolute atomic E-state index is 0. The number of hydrogen-bond donors (Lipinski definition) is 1. The molecule has 0 aliphatic heterocycles. The van der Waals surface area contributed by atoms with Crippen LogP contribution in [0.3, 0.4) is 0 Å². The van der Waals surface area contributed by atoms with Crippen LogP contribution in [0.1, 0.15) is 47.0 Å². The summed E-state index contributed by atoms with van der Waals surface area (Å²) in [5.74, 6) is -1.20. The number of carbonyl (C=O) groups is 1. The molecule has 0 amide bonds. The monoisotopic (exact) mass is 189 g/mol. The number of carbonyl (C=O) groups excluding carboxylic acids is 1. The summed E-state index contributed by atoms with van der Waals surface area (Å²) < 4.78 is 0. The Morgan fingerprint density at radius 3 is 2.08 bits per heavy atom.